The molecule has 1 unspecified atom stereocenters. The largest absolute Gasteiger partial charge is 0.300 e. The van der Waals surface area contributed by atoms with Gasteiger partial charge in [-0.1, -0.05) is 17.7 Å². The number of carbonyl (C=O) groups excluding carboxylic acids is 1. The predicted molar refractivity (Wildman–Crippen MR) is 79.3 cm³/mol. The van der Waals surface area contributed by atoms with E-state index in [1.807, 2.05) is 0 Å². The van der Waals surface area contributed by atoms with Crippen molar-refractivity contribution >= 4 is 5.78 Å². The molecule has 1 aromatic carbocycles. The number of hydrogen-bond donors (Lipinski definition) is 0. The highest BCUT2D eigenvalue weighted by Gasteiger charge is 2.23. The Kier molecular flexibility index (Phi) is 4.41. The van der Waals surface area contributed by atoms with Crippen LogP contribution in [0.3, 0.4) is 0 Å². The van der Waals surface area contributed by atoms with Crippen molar-refractivity contribution in [2.45, 2.75) is 47.1 Å². The van der Waals surface area contributed by atoms with Gasteiger partial charge < -0.3 is 0 Å². The molecule has 2 nitrogen and oxygen atoms in total. The summed E-state index contributed by atoms with van der Waals surface area (Å²) in [7, 11) is 0. The van der Waals surface area contributed by atoms with Crippen LogP contribution in [-0.2, 0) is 11.3 Å². The molecule has 104 valence electrons. The van der Waals surface area contributed by atoms with Crippen molar-refractivity contribution in [1.29, 1.82) is 0 Å². The molecule has 19 heavy (non-hydrogen) atoms. The molecule has 0 saturated carbocycles. The van der Waals surface area contributed by atoms with E-state index in [-0.39, 0.29) is 5.92 Å². The highest BCUT2D eigenvalue weighted by molar-refractivity contribution is 5.78. The molecule has 1 aliphatic rings. The molecule has 1 aliphatic heterocycles. The maximum Gasteiger partial charge on any atom is 0.134 e. The van der Waals surface area contributed by atoms with Gasteiger partial charge in [0.25, 0.3) is 0 Å². The molecule has 0 radical (unpaired) electrons. The second-order valence-electron chi connectivity index (χ2n) is 6.06. The monoisotopic (exact) mass is 259 g/mol. The summed E-state index contributed by atoms with van der Waals surface area (Å²) in [4.78, 5) is 14.0. The number of Topliss-reactive ketones (excluding diaryl/α,β-unsaturated/α-hetero) is 1. The zero-order valence-electron chi connectivity index (χ0n) is 12.6. The fourth-order valence-corrected chi connectivity index (χ4v) is 3.21. The first-order valence-electron chi connectivity index (χ1n) is 7.27. The van der Waals surface area contributed by atoms with Crippen molar-refractivity contribution in [3.63, 3.8) is 0 Å². The van der Waals surface area contributed by atoms with Gasteiger partial charge in [0.1, 0.15) is 5.78 Å². The number of benzene rings is 1. The highest BCUT2D eigenvalue weighted by atomic mass is 16.1. The van der Waals surface area contributed by atoms with Crippen molar-refractivity contribution in [1.82, 2.24) is 4.90 Å². The van der Waals surface area contributed by atoms with Gasteiger partial charge in [-0.2, -0.15) is 0 Å². The van der Waals surface area contributed by atoms with Crippen molar-refractivity contribution < 1.29 is 4.79 Å². The van der Waals surface area contributed by atoms with Crippen molar-refractivity contribution in [2.75, 3.05) is 13.1 Å². The van der Waals surface area contributed by atoms with Crippen LogP contribution in [-0.4, -0.2) is 23.8 Å². The summed E-state index contributed by atoms with van der Waals surface area (Å²) < 4.78 is 0. The molecule has 2 rings (SSSR count). The lowest BCUT2D eigenvalue weighted by atomic mass is 9.93. The minimum atomic E-state index is 0.250. The van der Waals surface area contributed by atoms with Crippen molar-refractivity contribution in [3.8, 4) is 0 Å². The van der Waals surface area contributed by atoms with Gasteiger partial charge in [-0.15, -0.1) is 0 Å². The summed E-state index contributed by atoms with van der Waals surface area (Å²) in [6, 6.07) is 4.52. The number of likely N-dealkylation sites (tertiary alicyclic amines) is 1. The van der Waals surface area contributed by atoms with Gasteiger partial charge in [0.2, 0.25) is 0 Å². The third-order valence-corrected chi connectivity index (χ3v) is 4.30. The molecule has 0 aliphatic carbocycles. The van der Waals surface area contributed by atoms with E-state index in [0.29, 0.717) is 5.78 Å². The van der Waals surface area contributed by atoms with E-state index in [1.54, 1.807) is 6.92 Å². The lowest BCUT2D eigenvalue weighted by molar-refractivity contribution is -0.122. The molecule has 0 bridgehead atoms. The quantitative estimate of drug-likeness (QED) is 0.829. The summed E-state index contributed by atoms with van der Waals surface area (Å²) in [5, 5.41) is 0. The molecular formula is C17H25NO. The van der Waals surface area contributed by atoms with Crippen LogP contribution in [0, 0.1) is 26.7 Å². The first-order chi connectivity index (χ1) is 8.97. The Bertz CT molecular complexity index is 455. The van der Waals surface area contributed by atoms with Crippen molar-refractivity contribution in [2.24, 2.45) is 5.92 Å². The fraction of sp³-hybridized carbons (Fsp3) is 0.588. The van der Waals surface area contributed by atoms with E-state index >= 15 is 0 Å². The Labute approximate surface area is 116 Å². The van der Waals surface area contributed by atoms with Crippen molar-refractivity contribution in [3.05, 3.63) is 34.4 Å². The number of piperidine rings is 1. The number of hydrogen-bond acceptors (Lipinski definition) is 2. The highest BCUT2D eigenvalue weighted by Crippen LogP contribution is 2.23. The molecule has 0 aromatic heterocycles. The number of carbonyl (C=O) groups is 1. The smallest absolute Gasteiger partial charge is 0.134 e. The molecule has 0 amide bonds. The normalized spacial score (nSPS) is 20.5. The zero-order chi connectivity index (χ0) is 14.0. The van der Waals surface area contributed by atoms with E-state index in [0.717, 1.165) is 32.5 Å². The summed E-state index contributed by atoms with van der Waals surface area (Å²) in [6.07, 6.45) is 2.21. The number of rotatable bonds is 3. The first-order valence-corrected chi connectivity index (χ1v) is 7.27. The minimum Gasteiger partial charge on any atom is -0.300 e. The van der Waals surface area contributed by atoms with Crippen LogP contribution < -0.4 is 0 Å². The van der Waals surface area contributed by atoms with Gasteiger partial charge in [0, 0.05) is 19.0 Å². The van der Waals surface area contributed by atoms with Crippen LogP contribution in [0.25, 0.3) is 0 Å². The van der Waals surface area contributed by atoms with Gasteiger partial charge in [0.05, 0.1) is 0 Å². The summed E-state index contributed by atoms with van der Waals surface area (Å²) in [5.74, 6) is 0.599. The van der Waals surface area contributed by atoms with E-state index in [1.165, 1.54) is 22.3 Å². The van der Waals surface area contributed by atoms with Gasteiger partial charge in [0.15, 0.2) is 0 Å². The van der Waals surface area contributed by atoms with Crippen LogP contribution in [0.2, 0.25) is 0 Å². The summed E-state index contributed by atoms with van der Waals surface area (Å²) in [5.41, 5.74) is 5.53. The third kappa shape index (κ3) is 3.44. The molecule has 1 heterocycles. The van der Waals surface area contributed by atoms with Gasteiger partial charge in [-0.25, -0.2) is 0 Å². The van der Waals surface area contributed by atoms with Crippen LogP contribution in [0.4, 0.5) is 0 Å². The van der Waals surface area contributed by atoms with Gasteiger partial charge in [-0.3, -0.25) is 9.69 Å². The molecule has 1 saturated heterocycles. The van der Waals surface area contributed by atoms with Gasteiger partial charge in [-0.05, 0) is 63.8 Å². The van der Waals surface area contributed by atoms with Gasteiger partial charge >= 0.3 is 0 Å². The van der Waals surface area contributed by atoms with Crippen LogP contribution >= 0.6 is 0 Å². The number of ketones is 1. The first kappa shape index (κ1) is 14.3. The standard InChI is InChI=1S/C17H25NO/c1-12-8-13(2)17(14(3)9-12)11-18-7-5-6-16(10-18)15(4)19/h8-9,16H,5-7,10-11H2,1-4H3. The second-order valence-corrected chi connectivity index (χ2v) is 6.06. The lowest BCUT2D eigenvalue weighted by Gasteiger charge is -2.32. The van der Waals surface area contributed by atoms with E-state index in [4.69, 9.17) is 0 Å². The van der Waals surface area contributed by atoms with Crippen LogP contribution in [0.5, 0.6) is 0 Å². The Morgan fingerprint density at radius 3 is 2.47 bits per heavy atom. The number of nitrogens with zero attached hydrogens (tertiary/aromatic N) is 1. The third-order valence-electron chi connectivity index (χ3n) is 4.30. The molecule has 1 atom stereocenters. The maximum atomic E-state index is 11.5. The average Bonchev–Trinajstić information content (AvgIpc) is 2.34. The summed E-state index contributed by atoms with van der Waals surface area (Å²) in [6.45, 7) is 11.3. The maximum absolute atomic E-state index is 11.5. The second kappa shape index (κ2) is 5.87. The minimum absolute atomic E-state index is 0.250. The molecule has 1 fully saturated rings. The molecular weight excluding hydrogens is 234 g/mol. The molecule has 2 heteroatoms. The molecule has 0 spiro atoms. The Morgan fingerprint density at radius 1 is 1.26 bits per heavy atom. The molecule has 1 aromatic rings. The SMILES string of the molecule is CC(=O)C1CCCN(Cc2c(C)cc(C)cc2C)C1. The average molecular weight is 259 g/mol. The zero-order valence-corrected chi connectivity index (χ0v) is 12.6. The Hall–Kier alpha value is -1.15. The number of aryl methyl sites for hydroxylation is 3. The van der Waals surface area contributed by atoms with E-state index < -0.39 is 0 Å². The van der Waals surface area contributed by atoms with Crippen LogP contribution in [0.15, 0.2) is 12.1 Å². The Balaban J connectivity index is 2.11. The van der Waals surface area contributed by atoms with Crippen LogP contribution in [0.1, 0.15) is 42.0 Å². The van der Waals surface area contributed by atoms with E-state index in [9.17, 15) is 4.79 Å². The predicted octanol–water partition coefficient (Wildman–Crippen LogP) is 3.41. The Morgan fingerprint density at radius 2 is 1.89 bits per heavy atom. The lowest BCUT2D eigenvalue weighted by Crippen LogP contribution is -2.37. The molecule has 0 N–H and O–H groups in total. The fourth-order valence-electron chi connectivity index (χ4n) is 3.21. The summed E-state index contributed by atoms with van der Waals surface area (Å²) >= 11 is 0. The topological polar surface area (TPSA) is 20.3 Å². The van der Waals surface area contributed by atoms with E-state index in [2.05, 4.69) is 37.8 Å².